The van der Waals surface area contributed by atoms with E-state index in [1.807, 2.05) is 0 Å². The van der Waals surface area contributed by atoms with Crippen molar-refractivity contribution < 1.29 is 40.9 Å². The van der Waals surface area contributed by atoms with Crippen molar-refractivity contribution in [3.05, 3.63) is 0 Å². The van der Waals surface area contributed by atoms with Gasteiger partial charge in [-0.25, -0.2) is 9.98 Å². The van der Waals surface area contributed by atoms with Gasteiger partial charge in [0.15, 0.2) is 0 Å². The summed E-state index contributed by atoms with van der Waals surface area (Å²) in [7, 11) is 0. The van der Waals surface area contributed by atoms with E-state index in [0.29, 0.717) is 25.7 Å². The van der Waals surface area contributed by atoms with Gasteiger partial charge in [0, 0.05) is 33.9 Å². The molecule has 0 aromatic rings. The van der Waals surface area contributed by atoms with E-state index in [4.69, 9.17) is 0 Å². The predicted octanol–water partition coefficient (Wildman–Crippen LogP) is -1.88. The van der Waals surface area contributed by atoms with Crippen molar-refractivity contribution in [2.45, 2.75) is 25.7 Å². The Hall–Kier alpha value is -0.332. The van der Waals surface area contributed by atoms with E-state index in [1.165, 1.54) is 0 Å². The molecular weight excluding hydrogens is 348 g/mol. The van der Waals surface area contributed by atoms with Gasteiger partial charge in [-0.3, -0.25) is 9.59 Å². The van der Waals surface area contributed by atoms with Crippen molar-refractivity contribution in [1.29, 1.82) is 0 Å². The van der Waals surface area contributed by atoms with Crippen LogP contribution >= 0.6 is 0 Å². The van der Waals surface area contributed by atoms with Gasteiger partial charge >= 0.3 is 0 Å². The number of hydrogen-bond acceptors (Lipinski definition) is 4. The predicted molar refractivity (Wildman–Crippen MR) is 58.1 cm³/mol. The van der Waals surface area contributed by atoms with Crippen molar-refractivity contribution in [2.24, 2.45) is 9.98 Å². The van der Waals surface area contributed by atoms with E-state index in [0.717, 1.165) is 0 Å². The second-order valence-corrected chi connectivity index (χ2v) is 2.80. The van der Waals surface area contributed by atoms with Crippen LogP contribution in [0.25, 0.3) is 0 Å². The average Bonchev–Trinajstić information content (AvgIpc) is 2.63. The van der Waals surface area contributed by atoms with Gasteiger partial charge in [0.1, 0.15) is 0 Å². The van der Waals surface area contributed by atoms with E-state index < -0.39 is 0 Å². The van der Waals surface area contributed by atoms with Crippen LogP contribution in [0.4, 0.5) is 0 Å². The van der Waals surface area contributed by atoms with Crippen molar-refractivity contribution in [1.82, 2.24) is 0 Å². The van der Waals surface area contributed by atoms with Gasteiger partial charge in [0.05, 0.1) is 0 Å². The van der Waals surface area contributed by atoms with Crippen LogP contribution < -0.4 is 10.2 Å². The van der Waals surface area contributed by atoms with Crippen LogP contribution in [0.1, 0.15) is 25.7 Å². The summed E-state index contributed by atoms with van der Waals surface area (Å²) in [4.78, 5) is 26.4. The molecule has 0 bridgehead atoms. The average molecular weight is 356 g/mol. The SMILES string of the molecule is O=C1CCC([O-])=N1.O=C1CCC([O-])=N1.[Mo].[S-2].[S-2]. The normalized spacial score (nSPS) is 16.5. The zero-order chi connectivity index (χ0) is 10.6. The molecule has 0 saturated heterocycles. The van der Waals surface area contributed by atoms with Crippen LogP contribution in [0.15, 0.2) is 9.98 Å². The molecule has 0 aliphatic carbocycles. The molecule has 98 valence electrons. The first kappa shape index (κ1) is 21.9. The summed E-state index contributed by atoms with van der Waals surface area (Å²) < 4.78 is 0. The summed E-state index contributed by atoms with van der Waals surface area (Å²) >= 11 is 0. The second-order valence-electron chi connectivity index (χ2n) is 2.80. The first-order valence-electron chi connectivity index (χ1n) is 4.13. The number of carbonyl (C=O) groups excluding carboxylic acids is 2. The first-order chi connectivity index (χ1) is 6.58. The maximum absolute atomic E-state index is 10.1. The molecule has 17 heavy (non-hydrogen) atoms. The third kappa shape index (κ3) is 9.38. The molecule has 0 atom stereocenters. The Labute approximate surface area is 127 Å². The molecule has 0 N–H and O–H groups in total. The van der Waals surface area contributed by atoms with E-state index in [1.54, 1.807) is 0 Å². The third-order valence-electron chi connectivity index (χ3n) is 1.60. The molecule has 2 aliphatic heterocycles. The van der Waals surface area contributed by atoms with Crippen molar-refractivity contribution in [3.63, 3.8) is 0 Å². The number of hydrogen-bond donors (Lipinski definition) is 0. The molecule has 0 saturated carbocycles. The Morgan fingerprint density at radius 2 is 1.06 bits per heavy atom. The molecule has 2 amide bonds. The van der Waals surface area contributed by atoms with Crippen molar-refractivity contribution >= 4 is 50.6 Å². The Kier molecular flexibility index (Phi) is 13.9. The van der Waals surface area contributed by atoms with Crippen molar-refractivity contribution in [3.8, 4) is 0 Å². The summed E-state index contributed by atoms with van der Waals surface area (Å²) in [5, 5.41) is 20.1. The standard InChI is InChI=1S/2C4H5NO2.Mo.2S/c2*6-3-1-2-4(7)5-3;;;/h2*1-2H2,(H,5,6,7);;;/q;;;2*-2/p-2. The summed E-state index contributed by atoms with van der Waals surface area (Å²) in [5.41, 5.74) is 0. The van der Waals surface area contributed by atoms with Crippen LogP contribution in [-0.2, 0) is 57.6 Å². The van der Waals surface area contributed by atoms with Crippen LogP contribution in [0.5, 0.6) is 0 Å². The fraction of sp³-hybridized carbons (Fsp3) is 0.500. The quantitative estimate of drug-likeness (QED) is 0.474. The number of rotatable bonds is 0. The fourth-order valence-electron chi connectivity index (χ4n) is 0.930. The summed E-state index contributed by atoms with van der Waals surface area (Å²) in [6, 6.07) is 0. The summed E-state index contributed by atoms with van der Waals surface area (Å²) in [6.45, 7) is 0. The van der Waals surface area contributed by atoms with Gasteiger partial charge in [0.25, 0.3) is 0 Å². The first-order valence-corrected chi connectivity index (χ1v) is 4.13. The zero-order valence-electron chi connectivity index (χ0n) is 8.58. The molecular formula is C8H8MoN2O4S2-6. The second kappa shape index (κ2) is 10.8. The molecule has 0 unspecified atom stereocenters. The van der Waals surface area contributed by atoms with E-state index >= 15 is 0 Å². The molecule has 0 spiro atoms. The smallest absolute Gasteiger partial charge is 0.245 e. The van der Waals surface area contributed by atoms with Gasteiger partial charge in [0.2, 0.25) is 11.8 Å². The van der Waals surface area contributed by atoms with E-state index in [-0.39, 0.29) is 71.7 Å². The van der Waals surface area contributed by atoms with Crippen LogP contribution in [0, 0.1) is 0 Å². The van der Waals surface area contributed by atoms with Crippen LogP contribution in [0.3, 0.4) is 0 Å². The Bertz CT molecular complexity index is 301. The zero-order valence-corrected chi connectivity index (χ0v) is 12.2. The Balaban J connectivity index is -0.000000196. The fourth-order valence-corrected chi connectivity index (χ4v) is 0.930. The number of aliphatic imine (C=N–C) groups is 2. The summed E-state index contributed by atoms with van der Waals surface area (Å²) in [6.07, 6.45) is 1.27. The molecule has 0 fully saturated rings. The Morgan fingerprint density at radius 3 is 1.12 bits per heavy atom. The van der Waals surface area contributed by atoms with Gasteiger partial charge in [-0.15, -0.1) is 0 Å². The maximum Gasteiger partial charge on any atom is 0.245 e. The number of carbonyl (C=O) groups is 2. The molecule has 6 nitrogen and oxygen atoms in total. The Morgan fingerprint density at radius 1 is 0.765 bits per heavy atom. The molecule has 0 aromatic carbocycles. The minimum absolute atomic E-state index is 0. The van der Waals surface area contributed by atoms with Gasteiger partial charge < -0.3 is 37.2 Å². The molecule has 2 aliphatic rings. The number of nitrogens with zero attached hydrogens (tertiary/aromatic N) is 2. The largest absolute Gasteiger partial charge is 2.00 e. The molecule has 2 rings (SSSR count). The van der Waals surface area contributed by atoms with E-state index in [2.05, 4.69) is 9.98 Å². The van der Waals surface area contributed by atoms with Gasteiger partial charge in [-0.2, -0.15) is 0 Å². The number of amides is 2. The molecule has 0 aromatic heterocycles. The summed E-state index contributed by atoms with van der Waals surface area (Å²) in [5.74, 6) is -1.09. The minimum atomic E-state index is -0.273. The molecule has 9 heteroatoms. The van der Waals surface area contributed by atoms with Gasteiger partial charge in [-0.1, -0.05) is 0 Å². The molecule has 2 heterocycles. The topological polar surface area (TPSA) is 105 Å². The van der Waals surface area contributed by atoms with Crippen molar-refractivity contribution in [2.75, 3.05) is 0 Å². The van der Waals surface area contributed by atoms with Crippen LogP contribution in [-0.4, -0.2) is 23.6 Å². The maximum atomic E-state index is 10.1. The third-order valence-corrected chi connectivity index (χ3v) is 1.60. The van der Waals surface area contributed by atoms with Gasteiger partial charge in [-0.05, 0) is 24.6 Å². The van der Waals surface area contributed by atoms with E-state index in [9.17, 15) is 19.8 Å². The monoisotopic (exact) mass is 358 g/mol. The minimum Gasteiger partial charge on any atom is -2.00 e. The van der Waals surface area contributed by atoms with Crippen LogP contribution in [0.2, 0.25) is 0 Å². The molecule has 0 radical (unpaired) electrons.